The van der Waals surface area contributed by atoms with Gasteiger partial charge in [-0.25, -0.2) is 9.13 Å². The van der Waals surface area contributed by atoms with E-state index in [1.54, 1.807) is 0 Å². The van der Waals surface area contributed by atoms with Gasteiger partial charge in [0.1, 0.15) is 48.7 Å². The first-order chi connectivity index (χ1) is 55.3. The van der Waals surface area contributed by atoms with Crippen molar-refractivity contribution in [3.05, 3.63) is 175 Å². The minimum absolute atomic E-state index is 0.0324. The third kappa shape index (κ3) is 52.1. The molecule has 2 aliphatic rings. The van der Waals surface area contributed by atoms with E-state index in [-0.39, 0.29) is 12.5 Å². The minimum atomic E-state index is -5.61. The van der Waals surface area contributed by atoms with E-state index in [1.165, 1.54) is 96.4 Å². The highest BCUT2D eigenvalue weighted by atomic mass is 31.3. The first-order valence-corrected chi connectivity index (χ1v) is 46.6. The molecule has 2 fully saturated rings. The zero-order valence-corrected chi connectivity index (χ0v) is 77.4. The Labute approximate surface area is 708 Å². The zero-order valence-electron chi connectivity index (χ0n) is 75.7. The van der Waals surface area contributed by atoms with Crippen LogP contribution in [0.5, 0.6) is 0 Å². The standard InChI is InChI=1S/C96H160N2O17P2/c1-69(2)35-20-36-70(3)37-21-38-71(4)39-22-40-72(5)41-23-42-73(6)43-24-44-74(7)45-25-46-75(8)47-26-48-76(9)49-27-50-77(10)51-28-52-78(11)53-29-54-79(12)55-30-56-80(13)57-31-58-81(14)59-32-60-82(15)61-33-62-83(16)63-34-64-84(17)65-66-110-116(106,107)115-117(108,109)114-96-90(98-86(19)102)93(105)94(88(68-100)112-96)113-95-89(97-85(18)101)92(104)91(103)87(67-99)111-95/h35,37,39,41,43,45,47,49,51,53,55,57,59,61,63,84,87-96,99-100,103-105H,20-34,36,38,40,42,44,46,48,50,52,54,56,58,60,62,64-68H2,1-19H3,(H,97,101)(H,98,102)(H,106,107)(H,108,109)/b70-37+,71-39+,72-41+,73-43+,74-45+,75-47+,76-49+,77-51+,78-53+,79-55+,80-57+,81-59+,82-61+,83-63+/t84?,87-,88-,89-,90-,91-,92-,93-,94-,95+,96-/m1/s1. The second-order valence-corrected chi connectivity index (χ2v) is 36.9. The van der Waals surface area contributed by atoms with Crippen LogP contribution in [-0.4, -0.2) is 128 Å². The lowest BCUT2D eigenvalue weighted by Crippen LogP contribution is -2.69. The number of allylic oxidation sites excluding steroid dienone is 30. The number of amides is 2. The van der Waals surface area contributed by atoms with Gasteiger partial charge in [-0.15, -0.1) is 0 Å². The van der Waals surface area contributed by atoms with Gasteiger partial charge in [-0.05, 0) is 316 Å². The Balaban J connectivity index is 1.61. The maximum Gasteiger partial charge on any atom is 0.483 e. The summed E-state index contributed by atoms with van der Waals surface area (Å²) in [5, 5.41) is 57.2. The molecule has 666 valence electrons. The Bertz CT molecular complexity index is 3540. The summed E-state index contributed by atoms with van der Waals surface area (Å²) in [7, 11) is -10.9. The van der Waals surface area contributed by atoms with Crippen LogP contribution < -0.4 is 10.6 Å². The quantitative estimate of drug-likeness (QED) is 0.0202. The summed E-state index contributed by atoms with van der Waals surface area (Å²) >= 11 is 0. The van der Waals surface area contributed by atoms with Gasteiger partial charge in [0.2, 0.25) is 11.8 Å². The third-order valence-corrected chi connectivity index (χ3v) is 24.4. The van der Waals surface area contributed by atoms with Crippen molar-refractivity contribution in [3.63, 3.8) is 0 Å². The summed E-state index contributed by atoms with van der Waals surface area (Å²) in [6.45, 7) is 38.1. The topological polar surface area (TPSA) is 289 Å². The fourth-order valence-corrected chi connectivity index (χ4v) is 16.2. The van der Waals surface area contributed by atoms with Gasteiger partial charge in [0.25, 0.3) is 0 Å². The lowest BCUT2D eigenvalue weighted by atomic mass is 9.94. The third-order valence-electron chi connectivity index (χ3n) is 21.7. The van der Waals surface area contributed by atoms with E-state index in [2.05, 4.69) is 217 Å². The van der Waals surface area contributed by atoms with Crippen LogP contribution >= 0.6 is 15.6 Å². The number of carbonyl (C=O) groups excluding carboxylic acids is 2. The summed E-state index contributed by atoms with van der Waals surface area (Å²) < 4.78 is 57.8. The first kappa shape index (κ1) is 108. The predicted octanol–water partition coefficient (Wildman–Crippen LogP) is 23.1. The lowest BCUT2D eigenvalue weighted by molar-refractivity contribution is -0.325. The Morgan fingerprint density at radius 2 is 0.607 bits per heavy atom. The molecule has 19 nitrogen and oxygen atoms in total. The molecule has 21 heteroatoms. The number of nitrogens with one attached hydrogen (secondary N) is 2. The summed E-state index contributed by atoms with van der Waals surface area (Å²) in [5.74, 6) is -1.45. The van der Waals surface area contributed by atoms with Crippen LogP contribution in [0, 0.1) is 5.92 Å². The van der Waals surface area contributed by atoms with Crippen molar-refractivity contribution in [2.24, 2.45) is 5.92 Å². The van der Waals surface area contributed by atoms with Crippen molar-refractivity contribution in [1.82, 2.24) is 10.6 Å². The number of aliphatic hydroxyl groups excluding tert-OH is 5. The average molecular weight is 1680 g/mol. The number of hydrogen-bond acceptors (Lipinski definition) is 15. The van der Waals surface area contributed by atoms with E-state index in [0.29, 0.717) is 6.42 Å². The zero-order chi connectivity index (χ0) is 87.5. The highest BCUT2D eigenvalue weighted by Crippen LogP contribution is 2.61. The van der Waals surface area contributed by atoms with Gasteiger partial charge in [-0.2, -0.15) is 4.31 Å². The maximum absolute atomic E-state index is 13.2. The van der Waals surface area contributed by atoms with E-state index in [0.717, 1.165) is 194 Å². The molecule has 3 unspecified atom stereocenters. The largest absolute Gasteiger partial charge is 0.483 e. The fraction of sp³-hybridized carbons (Fsp3) is 0.667. The Morgan fingerprint density at radius 3 is 0.872 bits per heavy atom. The van der Waals surface area contributed by atoms with Crippen LogP contribution in [0.3, 0.4) is 0 Å². The van der Waals surface area contributed by atoms with E-state index in [1.807, 2.05) is 6.92 Å². The number of phosphoric ester groups is 2. The highest BCUT2D eigenvalue weighted by molar-refractivity contribution is 7.61. The number of hydrogen-bond donors (Lipinski definition) is 9. The molecule has 0 bridgehead atoms. The van der Waals surface area contributed by atoms with Crippen molar-refractivity contribution >= 4 is 27.5 Å². The Morgan fingerprint density at radius 1 is 0.350 bits per heavy atom. The van der Waals surface area contributed by atoms with Crippen molar-refractivity contribution in [1.29, 1.82) is 0 Å². The summed E-state index contributed by atoms with van der Waals surface area (Å²) in [5.41, 5.74) is 22.0. The van der Waals surface area contributed by atoms with Gasteiger partial charge in [-0.3, -0.25) is 18.6 Å². The van der Waals surface area contributed by atoms with Gasteiger partial charge < -0.3 is 60.2 Å². The molecule has 9 N–H and O–H groups in total. The lowest BCUT2D eigenvalue weighted by Gasteiger charge is -2.48. The monoisotopic (exact) mass is 1680 g/mol. The number of rotatable bonds is 59. The van der Waals surface area contributed by atoms with Crippen LogP contribution in [0.1, 0.15) is 331 Å². The molecule has 2 saturated heterocycles. The van der Waals surface area contributed by atoms with Crippen LogP contribution in [0.25, 0.3) is 0 Å². The number of carbonyl (C=O) groups is 2. The molecule has 0 saturated carbocycles. The number of aliphatic hydroxyl groups is 5. The molecule has 2 aliphatic heterocycles. The molecular formula is C96H160N2O17P2. The minimum Gasteiger partial charge on any atom is -0.394 e. The number of ether oxygens (including phenoxy) is 3. The fourth-order valence-electron chi connectivity index (χ4n) is 14.0. The van der Waals surface area contributed by atoms with Crippen molar-refractivity contribution in [2.75, 3.05) is 19.8 Å². The van der Waals surface area contributed by atoms with Crippen LogP contribution in [-0.2, 0) is 46.3 Å². The van der Waals surface area contributed by atoms with Gasteiger partial charge in [-0.1, -0.05) is 182 Å². The van der Waals surface area contributed by atoms with Gasteiger partial charge in [0.15, 0.2) is 12.6 Å². The molecule has 0 radical (unpaired) electrons. The van der Waals surface area contributed by atoms with Gasteiger partial charge >= 0.3 is 15.6 Å². The molecule has 2 heterocycles. The van der Waals surface area contributed by atoms with Crippen molar-refractivity contribution < 1.29 is 81.6 Å². The molecule has 0 spiro atoms. The summed E-state index contributed by atoms with van der Waals surface area (Å²) in [6.07, 6.45) is 54.9. The van der Waals surface area contributed by atoms with E-state index < -0.39 is 102 Å². The normalized spacial score (nSPS) is 23.3. The van der Waals surface area contributed by atoms with Crippen molar-refractivity contribution in [3.8, 4) is 0 Å². The molecule has 0 aromatic rings. The summed E-state index contributed by atoms with van der Waals surface area (Å²) in [4.78, 5) is 45.3. The second kappa shape index (κ2) is 61.3. The van der Waals surface area contributed by atoms with Crippen molar-refractivity contribution in [2.45, 2.75) is 392 Å². The van der Waals surface area contributed by atoms with Crippen LogP contribution in [0.4, 0.5) is 0 Å². The number of phosphoric acid groups is 2. The predicted molar refractivity (Wildman–Crippen MR) is 482 cm³/mol. The average Bonchev–Trinajstić information content (AvgIpc) is 0.773. The summed E-state index contributed by atoms with van der Waals surface area (Å²) in [6, 6.07) is -3.25. The van der Waals surface area contributed by atoms with Gasteiger partial charge in [0.05, 0.1) is 19.8 Å². The Hall–Kier alpha value is -5.02. The maximum atomic E-state index is 13.2. The molecule has 0 aromatic heterocycles. The van der Waals surface area contributed by atoms with E-state index in [9.17, 15) is 54.0 Å². The molecule has 2 amide bonds. The SMILES string of the molecule is CC(=O)N[C@H]1[C@@H](OP(=O)(O)OP(=O)(O)OCCC(C)CC/C=C(\C)CC/C=C(\C)CC/C=C(\C)CC/C=C(\C)CC/C=C(\C)CC/C=C(\C)CC/C=C(\C)CC/C=C(\C)CC/C=C(\C)CC/C=C(\C)CC/C=C(\C)CC/C=C(\C)CC/C=C(\C)CC/C=C(\C)CCC=C(C)C)O[C@H](CO)[C@@H](O[C@@H]2O[C@H](CO)[C@@H](O)[C@H](O)[C@H]2NC(C)=O)[C@@H]1O. The molecule has 13 atom stereocenters. The molecule has 117 heavy (non-hydrogen) atoms. The second-order valence-electron chi connectivity index (χ2n) is 33.9. The van der Waals surface area contributed by atoms with E-state index >= 15 is 0 Å². The molecular weight excluding hydrogens is 1520 g/mol. The highest BCUT2D eigenvalue weighted by Gasteiger charge is 2.54. The first-order valence-electron chi connectivity index (χ1n) is 43.6. The van der Waals surface area contributed by atoms with E-state index in [4.69, 9.17) is 23.3 Å². The van der Waals surface area contributed by atoms with Crippen LogP contribution in [0.15, 0.2) is 175 Å². The smallest absolute Gasteiger partial charge is 0.394 e. The van der Waals surface area contributed by atoms with Crippen LogP contribution in [0.2, 0.25) is 0 Å². The Kier molecular flexibility index (Phi) is 56.6. The van der Waals surface area contributed by atoms with Gasteiger partial charge in [0, 0.05) is 13.8 Å². The molecule has 2 rings (SSSR count). The molecule has 0 aliphatic carbocycles. The molecule has 0 aromatic carbocycles.